The van der Waals surface area contributed by atoms with E-state index in [2.05, 4.69) is 64.3 Å². The first-order valence-electron chi connectivity index (χ1n) is 7.66. The molecule has 2 N–H and O–H groups in total. The van der Waals surface area contributed by atoms with E-state index in [1.807, 2.05) is 0 Å². The first-order chi connectivity index (χ1) is 9.77. The van der Waals surface area contributed by atoms with Gasteiger partial charge in [0.15, 0.2) is 0 Å². The standard InChI is InChI=1S/C19H27NS/c1-13-9-15(19(3,4)5)10-14(2)18(13)12-16(20)11-17-7-6-8-21-17/h6-10,16H,11-12,20H2,1-5H3. The van der Waals surface area contributed by atoms with E-state index >= 15 is 0 Å². The van der Waals surface area contributed by atoms with Crippen molar-refractivity contribution < 1.29 is 0 Å². The van der Waals surface area contributed by atoms with E-state index in [1.54, 1.807) is 11.3 Å². The maximum Gasteiger partial charge on any atom is 0.0128 e. The molecule has 0 aliphatic carbocycles. The van der Waals surface area contributed by atoms with E-state index in [0.29, 0.717) is 0 Å². The molecule has 21 heavy (non-hydrogen) atoms. The number of thiophene rings is 1. The Morgan fingerprint density at radius 1 is 1.10 bits per heavy atom. The van der Waals surface area contributed by atoms with Crippen LogP contribution in [0.3, 0.4) is 0 Å². The molecule has 0 bridgehead atoms. The van der Waals surface area contributed by atoms with E-state index in [0.717, 1.165) is 12.8 Å². The fourth-order valence-electron chi connectivity index (χ4n) is 2.77. The van der Waals surface area contributed by atoms with Crippen LogP contribution in [0.15, 0.2) is 29.6 Å². The number of hydrogen-bond acceptors (Lipinski definition) is 2. The van der Waals surface area contributed by atoms with Crippen molar-refractivity contribution in [2.45, 2.75) is 58.9 Å². The van der Waals surface area contributed by atoms with Crippen LogP contribution < -0.4 is 5.73 Å². The largest absolute Gasteiger partial charge is 0.327 e. The molecule has 0 radical (unpaired) electrons. The molecule has 0 amide bonds. The van der Waals surface area contributed by atoms with E-state index < -0.39 is 0 Å². The second-order valence-corrected chi connectivity index (χ2v) is 8.12. The number of aryl methyl sites for hydroxylation is 2. The van der Waals surface area contributed by atoms with Gasteiger partial charge in [0.2, 0.25) is 0 Å². The second-order valence-electron chi connectivity index (χ2n) is 7.09. The zero-order valence-electron chi connectivity index (χ0n) is 13.9. The fraction of sp³-hybridized carbons (Fsp3) is 0.474. The third-order valence-electron chi connectivity index (χ3n) is 4.07. The van der Waals surface area contributed by atoms with Gasteiger partial charge in [-0.15, -0.1) is 11.3 Å². The molecule has 114 valence electrons. The van der Waals surface area contributed by atoms with Crippen molar-refractivity contribution in [3.05, 3.63) is 56.8 Å². The molecule has 2 rings (SSSR count). The van der Waals surface area contributed by atoms with Crippen LogP contribution in [0.1, 0.15) is 47.9 Å². The minimum Gasteiger partial charge on any atom is -0.327 e. The molecule has 1 atom stereocenters. The number of hydrogen-bond donors (Lipinski definition) is 1. The summed E-state index contributed by atoms with van der Waals surface area (Å²) < 4.78 is 0. The van der Waals surface area contributed by atoms with Crippen LogP contribution >= 0.6 is 11.3 Å². The fourth-order valence-corrected chi connectivity index (χ4v) is 3.57. The maximum atomic E-state index is 6.37. The topological polar surface area (TPSA) is 26.0 Å². The lowest BCUT2D eigenvalue weighted by molar-refractivity contribution is 0.587. The van der Waals surface area contributed by atoms with Gasteiger partial charge >= 0.3 is 0 Å². The van der Waals surface area contributed by atoms with Crippen LogP contribution in [0.5, 0.6) is 0 Å². The zero-order chi connectivity index (χ0) is 15.6. The monoisotopic (exact) mass is 301 g/mol. The van der Waals surface area contributed by atoms with Gasteiger partial charge in [-0.1, -0.05) is 39.0 Å². The second kappa shape index (κ2) is 6.33. The predicted octanol–water partition coefficient (Wildman–Crippen LogP) is 4.77. The van der Waals surface area contributed by atoms with Gasteiger partial charge in [0, 0.05) is 10.9 Å². The van der Waals surface area contributed by atoms with Crippen molar-refractivity contribution in [3.8, 4) is 0 Å². The molecule has 1 unspecified atom stereocenters. The van der Waals surface area contributed by atoms with E-state index in [1.165, 1.54) is 27.1 Å². The summed E-state index contributed by atoms with van der Waals surface area (Å²) in [6.07, 6.45) is 1.93. The van der Waals surface area contributed by atoms with Gasteiger partial charge in [0.25, 0.3) is 0 Å². The summed E-state index contributed by atoms with van der Waals surface area (Å²) in [5.74, 6) is 0. The molecule has 1 heterocycles. The van der Waals surface area contributed by atoms with Gasteiger partial charge in [0.1, 0.15) is 0 Å². The van der Waals surface area contributed by atoms with Crippen molar-refractivity contribution >= 4 is 11.3 Å². The highest BCUT2D eigenvalue weighted by Crippen LogP contribution is 2.27. The molecule has 0 saturated heterocycles. The Kier molecular flexibility index (Phi) is 4.90. The summed E-state index contributed by atoms with van der Waals surface area (Å²) in [7, 11) is 0. The lowest BCUT2D eigenvalue weighted by atomic mass is 9.83. The Labute approximate surface area is 133 Å². The highest BCUT2D eigenvalue weighted by molar-refractivity contribution is 7.09. The molecule has 0 aliphatic rings. The van der Waals surface area contributed by atoms with Gasteiger partial charge in [-0.3, -0.25) is 0 Å². The van der Waals surface area contributed by atoms with Crippen LogP contribution in [-0.4, -0.2) is 6.04 Å². The van der Waals surface area contributed by atoms with E-state index in [4.69, 9.17) is 5.73 Å². The van der Waals surface area contributed by atoms with Crippen molar-refractivity contribution in [2.75, 3.05) is 0 Å². The van der Waals surface area contributed by atoms with Gasteiger partial charge in [-0.25, -0.2) is 0 Å². The van der Waals surface area contributed by atoms with Gasteiger partial charge in [0.05, 0.1) is 0 Å². The molecule has 0 saturated carbocycles. The molecule has 1 nitrogen and oxygen atoms in total. The Hall–Kier alpha value is -1.12. The van der Waals surface area contributed by atoms with Crippen molar-refractivity contribution in [2.24, 2.45) is 5.73 Å². The number of rotatable bonds is 4. The minimum atomic E-state index is 0.196. The Bertz CT molecular complexity index is 568. The first kappa shape index (κ1) is 16.3. The molecule has 0 aliphatic heterocycles. The van der Waals surface area contributed by atoms with E-state index in [-0.39, 0.29) is 11.5 Å². The molecule has 2 aromatic rings. The molecule has 1 aromatic heterocycles. The lowest BCUT2D eigenvalue weighted by Crippen LogP contribution is -2.26. The summed E-state index contributed by atoms with van der Waals surface area (Å²) in [4.78, 5) is 1.38. The molecule has 0 fully saturated rings. The zero-order valence-corrected chi connectivity index (χ0v) is 14.7. The predicted molar refractivity (Wildman–Crippen MR) is 94.3 cm³/mol. The SMILES string of the molecule is Cc1cc(C(C)(C)C)cc(C)c1CC(N)Cc1cccs1. The third-order valence-corrected chi connectivity index (χ3v) is 4.97. The van der Waals surface area contributed by atoms with Gasteiger partial charge in [-0.05, 0) is 65.8 Å². The normalized spacial score (nSPS) is 13.4. The number of benzene rings is 1. The summed E-state index contributed by atoms with van der Waals surface area (Å²) in [5.41, 5.74) is 12.2. The first-order valence-corrected chi connectivity index (χ1v) is 8.54. The maximum absolute atomic E-state index is 6.37. The van der Waals surface area contributed by atoms with Crippen molar-refractivity contribution in [1.82, 2.24) is 0 Å². The molecule has 0 spiro atoms. The van der Waals surface area contributed by atoms with E-state index in [9.17, 15) is 0 Å². The Morgan fingerprint density at radius 3 is 2.19 bits per heavy atom. The van der Waals surface area contributed by atoms with Crippen molar-refractivity contribution in [3.63, 3.8) is 0 Å². The molecular weight excluding hydrogens is 274 g/mol. The molecule has 1 aromatic carbocycles. The number of nitrogens with two attached hydrogens (primary N) is 1. The smallest absolute Gasteiger partial charge is 0.0128 e. The van der Waals surface area contributed by atoms with Crippen LogP contribution in [0.2, 0.25) is 0 Å². The molecular formula is C19H27NS. The summed E-state index contributed by atoms with van der Waals surface area (Å²) in [6.45, 7) is 11.2. The van der Waals surface area contributed by atoms with Gasteiger partial charge in [-0.2, -0.15) is 0 Å². The van der Waals surface area contributed by atoms with Gasteiger partial charge < -0.3 is 5.73 Å². The van der Waals surface area contributed by atoms with Crippen LogP contribution in [-0.2, 0) is 18.3 Å². The Morgan fingerprint density at radius 2 is 1.71 bits per heavy atom. The summed E-state index contributed by atoms with van der Waals surface area (Å²) in [5, 5.41) is 2.12. The third kappa shape index (κ3) is 4.18. The van der Waals surface area contributed by atoms with Crippen LogP contribution in [0.25, 0.3) is 0 Å². The Balaban J connectivity index is 2.17. The van der Waals surface area contributed by atoms with Crippen LogP contribution in [0, 0.1) is 13.8 Å². The highest BCUT2D eigenvalue weighted by Gasteiger charge is 2.17. The van der Waals surface area contributed by atoms with Crippen molar-refractivity contribution in [1.29, 1.82) is 0 Å². The molecule has 2 heteroatoms. The minimum absolute atomic E-state index is 0.196. The quantitative estimate of drug-likeness (QED) is 0.864. The summed E-state index contributed by atoms with van der Waals surface area (Å²) in [6, 6.07) is 9.14. The lowest BCUT2D eigenvalue weighted by Gasteiger charge is -2.23. The summed E-state index contributed by atoms with van der Waals surface area (Å²) >= 11 is 1.80. The average Bonchev–Trinajstić information content (AvgIpc) is 2.85. The average molecular weight is 301 g/mol. The van der Waals surface area contributed by atoms with Crippen LogP contribution in [0.4, 0.5) is 0 Å². The highest BCUT2D eigenvalue weighted by atomic mass is 32.1.